The summed E-state index contributed by atoms with van der Waals surface area (Å²) >= 11 is 0. The summed E-state index contributed by atoms with van der Waals surface area (Å²) in [5.74, 6) is 0. The highest BCUT2D eigenvalue weighted by Gasteiger charge is 2.15. The minimum atomic E-state index is 0.986. The molecule has 0 fully saturated rings. The van der Waals surface area contributed by atoms with E-state index in [1.807, 2.05) is 0 Å². The smallest absolute Gasteiger partial charge is 0.0331 e. The van der Waals surface area contributed by atoms with Crippen molar-refractivity contribution in [2.75, 3.05) is 6.54 Å². The minimum Gasteiger partial charge on any atom is -0.384 e. The van der Waals surface area contributed by atoms with E-state index in [1.165, 1.54) is 40.8 Å². The normalized spacial score (nSPS) is 16.6. The molecule has 1 aromatic rings. The summed E-state index contributed by atoms with van der Waals surface area (Å²) in [7, 11) is 0. The Labute approximate surface area is 110 Å². The van der Waals surface area contributed by atoms with Gasteiger partial charge in [-0.1, -0.05) is 35.9 Å². The van der Waals surface area contributed by atoms with Gasteiger partial charge in [-0.05, 0) is 36.5 Å². The van der Waals surface area contributed by atoms with Gasteiger partial charge in [-0.2, -0.15) is 0 Å². The molecule has 1 N–H and O–H groups in total. The molecular weight excluding hydrogens is 218 g/mol. The van der Waals surface area contributed by atoms with Crippen molar-refractivity contribution in [2.24, 2.45) is 0 Å². The second-order valence-electron chi connectivity index (χ2n) is 4.74. The van der Waals surface area contributed by atoms with E-state index in [-0.39, 0.29) is 0 Å². The SMILES string of the molecule is C#C.Cc1ccc2c(c1)CCC1=C(C2)NCC=C1. The zero-order valence-corrected chi connectivity index (χ0v) is 10.9. The van der Waals surface area contributed by atoms with Gasteiger partial charge < -0.3 is 5.32 Å². The van der Waals surface area contributed by atoms with Crippen molar-refractivity contribution in [2.45, 2.75) is 26.2 Å². The minimum absolute atomic E-state index is 0.986. The number of hydrogen-bond acceptors (Lipinski definition) is 1. The van der Waals surface area contributed by atoms with Crippen molar-refractivity contribution in [1.82, 2.24) is 5.32 Å². The number of allylic oxidation sites excluding steroid dienone is 3. The second kappa shape index (κ2) is 5.60. The molecular formula is C17H19N. The summed E-state index contributed by atoms with van der Waals surface area (Å²) in [4.78, 5) is 0. The van der Waals surface area contributed by atoms with Crippen LogP contribution in [0.1, 0.15) is 23.1 Å². The van der Waals surface area contributed by atoms with Crippen LogP contribution in [0.4, 0.5) is 0 Å². The molecule has 0 saturated heterocycles. The van der Waals surface area contributed by atoms with E-state index in [1.54, 1.807) is 0 Å². The maximum atomic E-state index is 4.00. The van der Waals surface area contributed by atoms with Crippen molar-refractivity contribution in [3.05, 3.63) is 58.3 Å². The van der Waals surface area contributed by atoms with Gasteiger partial charge in [0.15, 0.2) is 0 Å². The molecule has 1 heterocycles. The lowest BCUT2D eigenvalue weighted by Gasteiger charge is -2.15. The van der Waals surface area contributed by atoms with Crippen molar-refractivity contribution in [3.8, 4) is 12.8 Å². The third kappa shape index (κ3) is 2.49. The lowest BCUT2D eigenvalue weighted by Crippen LogP contribution is -2.19. The molecule has 0 bridgehead atoms. The van der Waals surface area contributed by atoms with Gasteiger partial charge in [0.1, 0.15) is 0 Å². The lowest BCUT2D eigenvalue weighted by molar-refractivity contribution is 0.819. The van der Waals surface area contributed by atoms with Crippen LogP contribution in [0, 0.1) is 19.8 Å². The van der Waals surface area contributed by atoms with E-state index in [4.69, 9.17) is 0 Å². The van der Waals surface area contributed by atoms with Gasteiger partial charge in [-0.3, -0.25) is 0 Å². The number of fused-ring (bicyclic) bond motifs is 1. The molecule has 1 aromatic carbocycles. The molecule has 1 aliphatic heterocycles. The summed E-state index contributed by atoms with van der Waals surface area (Å²) in [5.41, 5.74) is 7.34. The first-order valence-corrected chi connectivity index (χ1v) is 6.37. The average Bonchev–Trinajstić information content (AvgIpc) is 2.60. The Morgan fingerprint density at radius 2 is 1.94 bits per heavy atom. The maximum absolute atomic E-state index is 4.00. The molecule has 0 unspecified atom stereocenters. The highest BCUT2D eigenvalue weighted by Crippen LogP contribution is 2.26. The van der Waals surface area contributed by atoms with Gasteiger partial charge in [0, 0.05) is 18.7 Å². The standard InChI is InChI=1S/C15H17N.C2H2/c1-11-4-5-14-10-15-12(3-2-8-16-15)6-7-13(14)9-11;1-2/h2-5,9,16H,6-8,10H2,1H3;1-2H. The Balaban J connectivity index is 0.000000574. The number of dihydropyridines is 1. The average molecular weight is 237 g/mol. The Bertz CT molecular complexity index is 518. The molecule has 2 aliphatic rings. The molecule has 1 aliphatic carbocycles. The zero-order chi connectivity index (χ0) is 13.0. The van der Waals surface area contributed by atoms with Gasteiger partial charge in [0.05, 0.1) is 0 Å². The van der Waals surface area contributed by atoms with Crippen LogP contribution in [0.15, 0.2) is 41.6 Å². The Morgan fingerprint density at radius 1 is 1.11 bits per heavy atom. The molecule has 0 radical (unpaired) electrons. The van der Waals surface area contributed by atoms with Crippen LogP contribution in [-0.4, -0.2) is 6.54 Å². The molecule has 92 valence electrons. The van der Waals surface area contributed by atoms with Crippen LogP contribution in [-0.2, 0) is 12.8 Å². The van der Waals surface area contributed by atoms with Gasteiger partial charge >= 0.3 is 0 Å². The van der Waals surface area contributed by atoms with E-state index in [9.17, 15) is 0 Å². The van der Waals surface area contributed by atoms with Crippen LogP contribution in [0.25, 0.3) is 0 Å². The predicted octanol–water partition coefficient (Wildman–Crippen LogP) is 3.15. The molecule has 0 atom stereocenters. The Hall–Kier alpha value is -1.94. The molecule has 0 spiro atoms. The number of nitrogens with one attached hydrogen (secondary N) is 1. The fraction of sp³-hybridized carbons (Fsp3) is 0.294. The van der Waals surface area contributed by atoms with Crippen LogP contribution < -0.4 is 5.32 Å². The molecule has 0 amide bonds. The lowest BCUT2D eigenvalue weighted by atomic mass is 10.00. The quantitative estimate of drug-likeness (QED) is 0.684. The van der Waals surface area contributed by atoms with Crippen molar-refractivity contribution < 1.29 is 0 Å². The topological polar surface area (TPSA) is 12.0 Å². The Morgan fingerprint density at radius 3 is 2.78 bits per heavy atom. The van der Waals surface area contributed by atoms with E-state index >= 15 is 0 Å². The Kier molecular flexibility index (Phi) is 3.89. The number of aryl methyl sites for hydroxylation is 2. The van der Waals surface area contributed by atoms with Gasteiger partial charge in [0.25, 0.3) is 0 Å². The summed E-state index contributed by atoms with van der Waals surface area (Å²) in [6.07, 6.45) is 16.0. The molecule has 0 aromatic heterocycles. The molecule has 18 heavy (non-hydrogen) atoms. The van der Waals surface area contributed by atoms with E-state index < -0.39 is 0 Å². The van der Waals surface area contributed by atoms with E-state index in [2.05, 4.69) is 55.4 Å². The fourth-order valence-electron chi connectivity index (χ4n) is 2.63. The fourth-order valence-corrected chi connectivity index (χ4v) is 2.63. The number of benzene rings is 1. The predicted molar refractivity (Wildman–Crippen MR) is 77.3 cm³/mol. The van der Waals surface area contributed by atoms with E-state index in [0.717, 1.165) is 13.0 Å². The third-order valence-electron chi connectivity index (χ3n) is 3.53. The van der Waals surface area contributed by atoms with Crippen molar-refractivity contribution in [3.63, 3.8) is 0 Å². The van der Waals surface area contributed by atoms with Crippen LogP contribution >= 0.6 is 0 Å². The van der Waals surface area contributed by atoms with E-state index in [0.29, 0.717) is 0 Å². The summed E-state index contributed by atoms with van der Waals surface area (Å²) in [5, 5.41) is 3.51. The van der Waals surface area contributed by atoms with Crippen LogP contribution in [0.3, 0.4) is 0 Å². The first kappa shape index (κ1) is 12.5. The highest BCUT2D eigenvalue weighted by atomic mass is 14.9. The summed E-state index contributed by atoms with van der Waals surface area (Å²) < 4.78 is 0. The van der Waals surface area contributed by atoms with Gasteiger partial charge in [-0.25, -0.2) is 0 Å². The number of rotatable bonds is 0. The van der Waals surface area contributed by atoms with Crippen LogP contribution in [0.5, 0.6) is 0 Å². The van der Waals surface area contributed by atoms with Crippen molar-refractivity contribution in [1.29, 1.82) is 0 Å². The molecule has 0 saturated carbocycles. The summed E-state index contributed by atoms with van der Waals surface area (Å²) in [6.45, 7) is 3.16. The highest BCUT2D eigenvalue weighted by molar-refractivity contribution is 5.41. The number of hydrogen-bond donors (Lipinski definition) is 1. The zero-order valence-electron chi connectivity index (χ0n) is 10.9. The van der Waals surface area contributed by atoms with Crippen molar-refractivity contribution >= 4 is 0 Å². The first-order valence-electron chi connectivity index (χ1n) is 6.37. The van der Waals surface area contributed by atoms with Gasteiger partial charge in [-0.15, -0.1) is 12.8 Å². The second-order valence-corrected chi connectivity index (χ2v) is 4.74. The van der Waals surface area contributed by atoms with Gasteiger partial charge in [0.2, 0.25) is 0 Å². The van der Waals surface area contributed by atoms with Crippen LogP contribution in [0.2, 0.25) is 0 Å². The molecule has 1 heteroatoms. The molecule has 1 nitrogen and oxygen atoms in total. The monoisotopic (exact) mass is 237 g/mol. The maximum Gasteiger partial charge on any atom is 0.0331 e. The summed E-state index contributed by atoms with van der Waals surface area (Å²) in [6, 6.07) is 6.86. The number of terminal acetylenes is 1. The largest absolute Gasteiger partial charge is 0.384 e. The first-order chi connectivity index (χ1) is 8.83. The third-order valence-corrected chi connectivity index (χ3v) is 3.53. The molecule has 3 rings (SSSR count).